The van der Waals surface area contributed by atoms with Crippen molar-refractivity contribution in [1.29, 1.82) is 0 Å². The highest BCUT2D eigenvalue weighted by Gasteiger charge is 2.33. The van der Waals surface area contributed by atoms with Gasteiger partial charge in [-0.1, -0.05) is 49.6 Å². The summed E-state index contributed by atoms with van der Waals surface area (Å²) < 4.78 is 0. The lowest BCUT2D eigenvalue weighted by Gasteiger charge is -2.35. The predicted octanol–water partition coefficient (Wildman–Crippen LogP) is 3.52. The Balaban J connectivity index is 1.66. The average Bonchev–Trinajstić information content (AvgIpc) is 3.10. The van der Waals surface area contributed by atoms with Crippen molar-refractivity contribution in [1.82, 2.24) is 4.90 Å². The van der Waals surface area contributed by atoms with Gasteiger partial charge in [0, 0.05) is 24.5 Å². The molecule has 0 bridgehead atoms. The smallest absolute Gasteiger partial charge is 0.225 e. The molecule has 0 spiro atoms. The number of nitrogens with two attached hydrogens (primary N) is 1. The van der Waals surface area contributed by atoms with E-state index in [0.29, 0.717) is 11.9 Å². The van der Waals surface area contributed by atoms with Crippen LogP contribution in [0.5, 0.6) is 0 Å². The molecule has 0 radical (unpaired) electrons. The lowest BCUT2D eigenvalue weighted by atomic mass is 9.85. The van der Waals surface area contributed by atoms with E-state index < -0.39 is 0 Å². The molecule has 3 rings (SSSR count). The highest BCUT2D eigenvalue weighted by atomic mass is 16.2. The molecule has 3 nitrogen and oxygen atoms in total. The molecule has 2 atom stereocenters. The number of benzene rings is 1. The van der Waals surface area contributed by atoms with Crippen molar-refractivity contribution >= 4 is 5.91 Å². The summed E-state index contributed by atoms with van der Waals surface area (Å²) >= 11 is 0. The summed E-state index contributed by atoms with van der Waals surface area (Å²) in [7, 11) is 0. The first-order chi connectivity index (χ1) is 11.2. The van der Waals surface area contributed by atoms with E-state index >= 15 is 0 Å². The molecule has 0 heterocycles. The van der Waals surface area contributed by atoms with Crippen molar-refractivity contribution in [2.45, 2.75) is 69.9 Å². The molecule has 1 aromatic carbocycles. The van der Waals surface area contributed by atoms with Crippen LogP contribution >= 0.6 is 0 Å². The van der Waals surface area contributed by atoms with E-state index in [-0.39, 0.29) is 12.0 Å². The van der Waals surface area contributed by atoms with Crippen LogP contribution in [-0.2, 0) is 11.2 Å². The number of rotatable bonds is 5. The SMILES string of the molecule is NC1CCCC(C(=O)N(CCc2ccccc2)C2CCCC2)C1. The minimum atomic E-state index is 0.162. The molecular weight excluding hydrogens is 284 g/mol. The summed E-state index contributed by atoms with van der Waals surface area (Å²) in [6, 6.07) is 11.2. The van der Waals surface area contributed by atoms with Crippen LogP contribution in [0.2, 0.25) is 0 Å². The summed E-state index contributed by atoms with van der Waals surface area (Å²) in [6.45, 7) is 0.860. The predicted molar refractivity (Wildman–Crippen MR) is 94.0 cm³/mol. The van der Waals surface area contributed by atoms with Crippen molar-refractivity contribution in [2.75, 3.05) is 6.54 Å². The Kier molecular flexibility index (Phi) is 5.71. The second-order valence-corrected chi connectivity index (χ2v) is 7.33. The van der Waals surface area contributed by atoms with Crippen molar-refractivity contribution in [3.05, 3.63) is 35.9 Å². The fourth-order valence-electron chi connectivity index (χ4n) is 4.27. The Labute approximate surface area is 140 Å². The van der Waals surface area contributed by atoms with E-state index in [1.54, 1.807) is 0 Å². The number of amides is 1. The van der Waals surface area contributed by atoms with Crippen LogP contribution in [0.1, 0.15) is 56.9 Å². The molecule has 0 aliphatic heterocycles. The van der Waals surface area contributed by atoms with Crippen LogP contribution < -0.4 is 5.73 Å². The van der Waals surface area contributed by atoms with Crippen LogP contribution in [0.3, 0.4) is 0 Å². The highest BCUT2D eigenvalue weighted by Crippen LogP contribution is 2.30. The molecule has 2 aliphatic carbocycles. The molecule has 0 saturated heterocycles. The standard InChI is InChI=1S/C20H30N2O/c21-18-10-6-9-17(15-18)20(23)22(19-11-4-5-12-19)14-13-16-7-2-1-3-8-16/h1-3,7-8,17-19H,4-6,9-15,21H2. The molecule has 1 aromatic rings. The van der Waals surface area contributed by atoms with Gasteiger partial charge in [0.2, 0.25) is 5.91 Å². The summed E-state index contributed by atoms with van der Waals surface area (Å²) in [5, 5.41) is 0. The van der Waals surface area contributed by atoms with Gasteiger partial charge in [0.25, 0.3) is 0 Å². The molecule has 2 N–H and O–H groups in total. The van der Waals surface area contributed by atoms with E-state index in [4.69, 9.17) is 5.73 Å². The Morgan fingerprint density at radius 2 is 1.78 bits per heavy atom. The zero-order chi connectivity index (χ0) is 16.1. The maximum absolute atomic E-state index is 13.1. The number of hydrogen-bond donors (Lipinski definition) is 1. The van der Waals surface area contributed by atoms with E-state index in [1.165, 1.54) is 31.2 Å². The van der Waals surface area contributed by atoms with Crippen LogP contribution in [0, 0.1) is 5.92 Å². The average molecular weight is 314 g/mol. The van der Waals surface area contributed by atoms with Gasteiger partial charge in [-0.05, 0) is 44.1 Å². The maximum Gasteiger partial charge on any atom is 0.225 e. The molecule has 23 heavy (non-hydrogen) atoms. The number of hydrogen-bond acceptors (Lipinski definition) is 2. The molecule has 2 saturated carbocycles. The minimum absolute atomic E-state index is 0.162. The minimum Gasteiger partial charge on any atom is -0.339 e. The first kappa shape index (κ1) is 16.5. The highest BCUT2D eigenvalue weighted by molar-refractivity contribution is 5.79. The van der Waals surface area contributed by atoms with E-state index in [9.17, 15) is 4.79 Å². The molecule has 2 fully saturated rings. The van der Waals surface area contributed by atoms with Gasteiger partial charge >= 0.3 is 0 Å². The molecule has 1 amide bonds. The molecule has 2 aliphatic rings. The van der Waals surface area contributed by atoms with E-state index in [1.807, 2.05) is 6.07 Å². The second-order valence-electron chi connectivity index (χ2n) is 7.33. The maximum atomic E-state index is 13.1. The van der Waals surface area contributed by atoms with Gasteiger partial charge in [-0.25, -0.2) is 0 Å². The number of nitrogens with zero attached hydrogens (tertiary/aromatic N) is 1. The molecule has 126 valence electrons. The first-order valence-electron chi connectivity index (χ1n) is 9.34. The van der Waals surface area contributed by atoms with Crippen LogP contribution in [0.25, 0.3) is 0 Å². The van der Waals surface area contributed by atoms with E-state index in [2.05, 4.69) is 29.2 Å². The second kappa shape index (κ2) is 7.96. The Morgan fingerprint density at radius 1 is 1.04 bits per heavy atom. The van der Waals surface area contributed by atoms with E-state index in [0.717, 1.165) is 38.6 Å². The quantitative estimate of drug-likeness (QED) is 0.904. The molecule has 2 unspecified atom stereocenters. The summed E-state index contributed by atoms with van der Waals surface area (Å²) in [5.74, 6) is 0.540. The number of carbonyl (C=O) groups is 1. The fraction of sp³-hybridized carbons (Fsp3) is 0.650. The molecule has 3 heteroatoms. The van der Waals surface area contributed by atoms with Gasteiger partial charge in [0.05, 0.1) is 0 Å². The Bertz CT molecular complexity index is 496. The summed E-state index contributed by atoms with van der Waals surface area (Å²) in [4.78, 5) is 15.3. The van der Waals surface area contributed by atoms with Gasteiger partial charge in [-0.3, -0.25) is 4.79 Å². The third kappa shape index (κ3) is 4.35. The zero-order valence-electron chi connectivity index (χ0n) is 14.1. The van der Waals surface area contributed by atoms with Crippen LogP contribution in [0.15, 0.2) is 30.3 Å². The third-order valence-electron chi connectivity index (χ3n) is 5.60. The van der Waals surface area contributed by atoms with Gasteiger partial charge < -0.3 is 10.6 Å². The topological polar surface area (TPSA) is 46.3 Å². The molecule has 0 aromatic heterocycles. The monoisotopic (exact) mass is 314 g/mol. The van der Waals surface area contributed by atoms with Crippen molar-refractivity contribution in [2.24, 2.45) is 11.7 Å². The first-order valence-corrected chi connectivity index (χ1v) is 9.34. The third-order valence-corrected chi connectivity index (χ3v) is 5.60. The van der Waals surface area contributed by atoms with Gasteiger partial charge in [0.15, 0.2) is 0 Å². The largest absolute Gasteiger partial charge is 0.339 e. The zero-order valence-corrected chi connectivity index (χ0v) is 14.1. The van der Waals surface area contributed by atoms with Gasteiger partial charge in [-0.2, -0.15) is 0 Å². The summed E-state index contributed by atoms with van der Waals surface area (Å²) in [5.41, 5.74) is 7.43. The Hall–Kier alpha value is -1.35. The van der Waals surface area contributed by atoms with Crippen LogP contribution in [-0.4, -0.2) is 29.4 Å². The van der Waals surface area contributed by atoms with Crippen molar-refractivity contribution in [3.63, 3.8) is 0 Å². The van der Waals surface area contributed by atoms with Crippen LogP contribution in [0.4, 0.5) is 0 Å². The Morgan fingerprint density at radius 3 is 2.48 bits per heavy atom. The number of carbonyl (C=O) groups excluding carboxylic acids is 1. The molecular formula is C20H30N2O. The van der Waals surface area contributed by atoms with Crippen molar-refractivity contribution in [3.8, 4) is 0 Å². The van der Waals surface area contributed by atoms with Crippen molar-refractivity contribution < 1.29 is 4.79 Å². The summed E-state index contributed by atoms with van der Waals surface area (Å²) in [6.07, 6.45) is 9.95. The van der Waals surface area contributed by atoms with Gasteiger partial charge in [0.1, 0.15) is 0 Å². The van der Waals surface area contributed by atoms with Gasteiger partial charge in [-0.15, -0.1) is 0 Å². The normalized spacial score (nSPS) is 25.4. The fourth-order valence-corrected chi connectivity index (χ4v) is 4.27. The lowest BCUT2D eigenvalue weighted by Crippen LogP contribution is -2.45. The lowest BCUT2D eigenvalue weighted by molar-refractivity contribution is -0.139.